The zero-order valence-corrected chi connectivity index (χ0v) is 26.3. The summed E-state index contributed by atoms with van der Waals surface area (Å²) in [4.78, 5) is 5.01. The third-order valence-electron chi connectivity index (χ3n) is 9.95. The molecule has 0 saturated heterocycles. The van der Waals surface area contributed by atoms with Crippen molar-refractivity contribution in [1.29, 1.82) is 0 Å². The third kappa shape index (κ3) is 5.72. The van der Waals surface area contributed by atoms with Crippen LogP contribution in [0.3, 0.4) is 0 Å². The van der Waals surface area contributed by atoms with E-state index in [1.807, 2.05) is 0 Å². The zero-order valence-electron chi connectivity index (χ0n) is 26.3. The van der Waals surface area contributed by atoms with Gasteiger partial charge in [0.1, 0.15) is 0 Å². The molecule has 4 aliphatic rings. The van der Waals surface area contributed by atoms with Crippen molar-refractivity contribution in [3.05, 3.63) is 180 Å². The molecule has 0 fully saturated rings. The molecule has 0 saturated carbocycles. The molecule has 226 valence electrons. The lowest BCUT2D eigenvalue weighted by molar-refractivity contribution is 0.477. The minimum absolute atomic E-state index is 0.320. The Labute approximate surface area is 273 Å². The second-order valence-electron chi connectivity index (χ2n) is 12.8. The van der Waals surface area contributed by atoms with Crippen LogP contribution in [0.2, 0.25) is 0 Å². The van der Waals surface area contributed by atoms with Gasteiger partial charge in [-0.15, -0.1) is 0 Å². The molecule has 0 radical (unpaired) electrons. The average Bonchev–Trinajstić information content (AvgIpc) is 3.13. The molecule has 4 aliphatic carbocycles. The molecule has 2 nitrogen and oxygen atoms in total. The van der Waals surface area contributed by atoms with Crippen LogP contribution < -0.4 is 9.80 Å². The molecule has 0 spiro atoms. The largest absolute Gasteiger partial charge is 0.338 e. The highest BCUT2D eigenvalue weighted by Gasteiger charge is 2.26. The summed E-state index contributed by atoms with van der Waals surface area (Å²) in [6.07, 6.45) is 28.4. The van der Waals surface area contributed by atoms with E-state index >= 15 is 0 Å². The molecule has 0 heterocycles. The van der Waals surface area contributed by atoms with Crippen LogP contribution in [0.4, 0.5) is 17.1 Å². The Morgan fingerprint density at radius 1 is 0.543 bits per heavy atom. The summed E-state index contributed by atoms with van der Waals surface area (Å²) in [6, 6.07) is 38.3. The Bertz CT molecular complexity index is 1870. The number of allylic oxidation sites excluding steroid dienone is 9. The minimum Gasteiger partial charge on any atom is -0.338 e. The Balaban J connectivity index is 1.08. The number of aryl methyl sites for hydroxylation is 1. The van der Waals surface area contributed by atoms with Crippen LogP contribution in [0.15, 0.2) is 169 Å². The molecule has 4 aromatic carbocycles. The third-order valence-corrected chi connectivity index (χ3v) is 9.95. The molecule has 8 rings (SSSR count). The molecule has 0 amide bonds. The van der Waals surface area contributed by atoms with E-state index in [1.54, 1.807) is 0 Å². The number of hydrogen-bond donors (Lipinski definition) is 0. The monoisotopic (exact) mass is 596 g/mol. The Morgan fingerprint density at radius 3 is 2.02 bits per heavy atom. The van der Waals surface area contributed by atoms with Crippen molar-refractivity contribution in [2.24, 2.45) is 11.8 Å². The fraction of sp³-hybridized carbons (Fsp3) is 0.182. The molecular formula is C44H40N2. The zero-order chi connectivity index (χ0) is 30.7. The Hall–Kier alpha value is -5.08. The van der Waals surface area contributed by atoms with E-state index in [9.17, 15) is 0 Å². The van der Waals surface area contributed by atoms with Gasteiger partial charge in [-0.1, -0.05) is 121 Å². The predicted molar refractivity (Wildman–Crippen MR) is 195 cm³/mol. The number of para-hydroxylation sites is 1. The van der Waals surface area contributed by atoms with Gasteiger partial charge in [0.05, 0.1) is 6.04 Å². The highest BCUT2D eigenvalue weighted by atomic mass is 15.2. The topological polar surface area (TPSA) is 6.48 Å². The number of rotatable bonds is 7. The first-order chi connectivity index (χ1) is 22.8. The van der Waals surface area contributed by atoms with Crippen molar-refractivity contribution in [1.82, 2.24) is 0 Å². The first-order valence-corrected chi connectivity index (χ1v) is 16.8. The number of benzene rings is 4. The van der Waals surface area contributed by atoms with E-state index in [4.69, 9.17) is 0 Å². The molecular weight excluding hydrogens is 556 g/mol. The lowest BCUT2D eigenvalue weighted by Crippen LogP contribution is -2.34. The van der Waals surface area contributed by atoms with Crippen molar-refractivity contribution < 1.29 is 0 Å². The maximum absolute atomic E-state index is 2.56. The van der Waals surface area contributed by atoms with Gasteiger partial charge in [-0.05, 0) is 103 Å². The van der Waals surface area contributed by atoms with Gasteiger partial charge in [0.25, 0.3) is 0 Å². The van der Waals surface area contributed by atoms with E-state index < -0.39 is 0 Å². The summed E-state index contributed by atoms with van der Waals surface area (Å²) in [6.45, 7) is 0. The maximum atomic E-state index is 2.56. The number of hydrogen-bond acceptors (Lipinski definition) is 2. The summed E-state index contributed by atoms with van der Waals surface area (Å²) < 4.78 is 0. The van der Waals surface area contributed by atoms with Crippen molar-refractivity contribution in [2.45, 2.75) is 38.1 Å². The quantitative estimate of drug-likeness (QED) is 0.209. The molecule has 0 N–H and O–H groups in total. The Kier molecular flexibility index (Phi) is 7.86. The number of anilines is 3. The molecule has 0 bridgehead atoms. The summed E-state index contributed by atoms with van der Waals surface area (Å²) >= 11 is 0. The average molecular weight is 597 g/mol. The molecule has 2 heteroatoms. The first kappa shape index (κ1) is 28.4. The maximum Gasteiger partial charge on any atom is 0.0556 e. The van der Waals surface area contributed by atoms with Crippen LogP contribution in [0.1, 0.15) is 36.8 Å². The number of fused-ring (bicyclic) bond motifs is 2. The smallest absolute Gasteiger partial charge is 0.0556 e. The Morgan fingerprint density at radius 2 is 1.24 bits per heavy atom. The second kappa shape index (κ2) is 12.7. The van der Waals surface area contributed by atoms with Gasteiger partial charge >= 0.3 is 0 Å². The predicted octanol–water partition coefficient (Wildman–Crippen LogP) is 11.2. The van der Waals surface area contributed by atoms with Crippen LogP contribution in [0.25, 0.3) is 17.2 Å². The summed E-state index contributed by atoms with van der Waals surface area (Å²) in [7, 11) is 0. The molecule has 4 aromatic rings. The van der Waals surface area contributed by atoms with Crippen molar-refractivity contribution in [3.8, 4) is 11.1 Å². The van der Waals surface area contributed by atoms with Crippen molar-refractivity contribution in [3.63, 3.8) is 0 Å². The van der Waals surface area contributed by atoms with Crippen LogP contribution in [-0.2, 0) is 6.42 Å². The summed E-state index contributed by atoms with van der Waals surface area (Å²) in [5.74, 6) is 1.08. The fourth-order valence-corrected chi connectivity index (χ4v) is 7.56. The molecule has 0 aromatic heterocycles. The van der Waals surface area contributed by atoms with Crippen molar-refractivity contribution in [2.75, 3.05) is 9.80 Å². The van der Waals surface area contributed by atoms with Gasteiger partial charge in [-0.3, -0.25) is 0 Å². The SMILES string of the molecule is C1=CC[C@@H](N(C2=Cc3ccccc3CC2)c2ccc(-c3ccc(N(C4=CC5C=CC=C[C@@H]5CC4)c4ccccc4)cc3)cc2)C=C1. The number of nitrogens with zero attached hydrogens (tertiary/aromatic N) is 2. The van der Waals surface area contributed by atoms with E-state index in [1.165, 1.54) is 57.1 Å². The van der Waals surface area contributed by atoms with E-state index in [-0.39, 0.29) is 0 Å². The summed E-state index contributed by atoms with van der Waals surface area (Å²) in [5, 5.41) is 0. The van der Waals surface area contributed by atoms with Crippen molar-refractivity contribution >= 4 is 23.1 Å². The second-order valence-corrected chi connectivity index (χ2v) is 12.8. The van der Waals surface area contributed by atoms with Crippen LogP contribution in [-0.4, -0.2) is 6.04 Å². The minimum atomic E-state index is 0.320. The standard InChI is InChI=1S/C44H40N2/c1-3-15-39(16-4-1)45(43-29-23-33-11-7-9-13-37(33)31-43)41-25-19-35(20-26-41)36-21-27-42(28-22-36)46(40-17-5-2-6-18-40)44-30-24-34-12-8-10-14-38(34)32-44/h1-17,19-22,25-28,31-33,37,40H,18,23-24,29-30H2/t33-,37?,40+/m1/s1. The summed E-state index contributed by atoms with van der Waals surface area (Å²) in [5.41, 5.74) is 11.7. The fourth-order valence-electron chi connectivity index (χ4n) is 7.56. The van der Waals surface area contributed by atoms with E-state index in [0.29, 0.717) is 17.9 Å². The van der Waals surface area contributed by atoms with E-state index in [2.05, 4.69) is 174 Å². The lowest BCUT2D eigenvalue weighted by atomic mass is 9.80. The van der Waals surface area contributed by atoms with Gasteiger partial charge in [0.15, 0.2) is 0 Å². The van der Waals surface area contributed by atoms with Gasteiger partial charge in [-0.25, -0.2) is 0 Å². The van der Waals surface area contributed by atoms with E-state index in [0.717, 1.165) is 25.7 Å². The lowest BCUT2D eigenvalue weighted by Gasteiger charge is -2.36. The molecule has 3 atom stereocenters. The van der Waals surface area contributed by atoms with Crippen LogP contribution >= 0.6 is 0 Å². The molecule has 1 unspecified atom stereocenters. The highest BCUT2D eigenvalue weighted by Crippen LogP contribution is 2.40. The molecule has 0 aliphatic heterocycles. The van der Waals surface area contributed by atoms with Gasteiger partial charge < -0.3 is 9.80 Å². The first-order valence-electron chi connectivity index (χ1n) is 16.8. The van der Waals surface area contributed by atoms with Crippen LogP contribution in [0.5, 0.6) is 0 Å². The van der Waals surface area contributed by atoms with Crippen LogP contribution in [0, 0.1) is 11.8 Å². The van der Waals surface area contributed by atoms with Gasteiger partial charge in [0.2, 0.25) is 0 Å². The van der Waals surface area contributed by atoms with Gasteiger partial charge in [0, 0.05) is 34.4 Å². The van der Waals surface area contributed by atoms with Gasteiger partial charge in [-0.2, -0.15) is 0 Å². The highest BCUT2D eigenvalue weighted by molar-refractivity contribution is 5.75. The molecule has 46 heavy (non-hydrogen) atoms. The normalized spacial score (nSPS) is 21.2.